The fourth-order valence-corrected chi connectivity index (χ4v) is 5.30. The summed E-state index contributed by atoms with van der Waals surface area (Å²) in [4.78, 5) is 24.0. The van der Waals surface area contributed by atoms with Crippen LogP contribution in [-0.4, -0.2) is 49.9 Å². The number of likely N-dealkylation sites (N-methyl/N-ethyl adjacent to an activating group) is 1. The van der Waals surface area contributed by atoms with Crippen molar-refractivity contribution in [2.75, 3.05) is 49.2 Å². The molecule has 3 aliphatic rings. The van der Waals surface area contributed by atoms with E-state index in [2.05, 4.69) is 64.7 Å². The van der Waals surface area contributed by atoms with Crippen LogP contribution in [0.4, 0.5) is 17.1 Å². The van der Waals surface area contributed by atoms with E-state index in [9.17, 15) is 4.79 Å². The first-order chi connectivity index (χ1) is 17.4. The lowest BCUT2D eigenvalue weighted by molar-refractivity contribution is -0.116. The van der Waals surface area contributed by atoms with Crippen LogP contribution in [0.3, 0.4) is 0 Å². The highest BCUT2D eigenvalue weighted by atomic mass is 32.2. The average Bonchev–Trinajstić information content (AvgIpc) is 2.88. The van der Waals surface area contributed by atoms with Crippen molar-refractivity contribution in [1.82, 2.24) is 10.2 Å². The summed E-state index contributed by atoms with van der Waals surface area (Å²) in [7, 11) is 2.17. The van der Waals surface area contributed by atoms with Gasteiger partial charge in [0.15, 0.2) is 0 Å². The summed E-state index contributed by atoms with van der Waals surface area (Å²) in [6, 6.07) is 16.1. The molecule has 3 heterocycles. The van der Waals surface area contributed by atoms with Gasteiger partial charge in [0.25, 0.3) is 5.91 Å². The lowest BCUT2D eigenvalue weighted by atomic mass is 10.0. The van der Waals surface area contributed by atoms with E-state index in [1.807, 2.05) is 30.3 Å². The maximum Gasteiger partial charge on any atom is 0.262 e. The first-order valence-electron chi connectivity index (χ1n) is 12.3. The molecule has 8 heteroatoms. The zero-order valence-electron chi connectivity index (χ0n) is 20.7. The number of piperazine rings is 1. The maximum absolute atomic E-state index is 12.8. The Labute approximate surface area is 216 Å². The van der Waals surface area contributed by atoms with Crippen molar-refractivity contribution < 1.29 is 4.79 Å². The Morgan fingerprint density at radius 1 is 1.08 bits per heavy atom. The third kappa shape index (κ3) is 5.66. The van der Waals surface area contributed by atoms with Crippen molar-refractivity contribution in [3.8, 4) is 0 Å². The molecule has 0 radical (unpaired) electrons. The summed E-state index contributed by atoms with van der Waals surface area (Å²) in [6.07, 6.45) is 6.65. The standard InChI is InChI=1S/C28H32N6OS/c1-19-3-12-25-24(32-28(35)26(36-25)17-20-4-6-21(29)7-5-20)18-30-27(19)31-22-8-10-23(11-9-22)34-15-13-33(2)14-16-34/h4-12,17-19H,3,13-16,29H2,1-2H3,(H,30,31)(H,32,35)/b24-18+,25-12-,26-17+. The lowest BCUT2D eigenvalue weighted by Crippen LogP contribution is -2.44. The molecule has 0 aromatic heterocycles. The number of anilines is 3. The SMILES string of the molecule is CC1C/C=C2\S/C(=C/c3ccc(N)cc3)C(=O)N\C2=C\N=C1Nc1ccc(N2CCN(C)CC2)cc1. The van der Waals surface area contributed by atoms with E-state index >= 15 is 0 Å². The van der Waals surface area contributed by atoms with Gasteiger partial charge in [0.2, 0.25) is 0 Å². The van der Waals surface area contributed by atoms with Gasteiger partial charge in [0, 0.05) is 54.1 Å². The van der Waals surface area contributed by atoms with Crippen LogP contribution in [0.2, 0.25) is 0 Å². The van der Waals surface area contributed by atoms with Gasteiger partial charge in [-0.3, -0.25) is 4.79 Å². The van der Waals surface area contributed by atoms with Crippen LogP contribution >= 0.6 is 11.8 Å². The number of fused-ring (bicyclic) bond motifs is 1. The summed E-state index contributed by atoms with van der Waals surface area (Å²) in [5, 5.41) is 6.51. The molecule has 5 rings (SSSR count). The fourth-order valence-electron chi connectivity index (χ4n) is 4.33. The molecule has 1 atom stereocenters. The highest BCUT2D eigenvalue weighted by Crippen LogP contribution is 2.37. The molecule has 3 aliphatic heterocycles. The number of carbonyl (C=O) groups is 1. The van der Waals surface area contributed by atoms with Crippen molar-refractivity contribution in [1.29, 1.82) is 0 Å². The van der Waals surface area contributed by atoms with E-state index in [4.69, 9.17) is 10.7 Å². The topological polar surface area (TPSA) is 86.0 Å². The number of nitrogens with one attached hydrogen (secondary N) is 2. The Hall–Kier alpha value is -3.49. The molecule has 2 fully saturated rings. The molecule has 1 unspecified atom stereocenters. The molecule has 0 aliphatic carbocycles. The second kappa shape index (κ2) is 10.6. The van der Waals surface area contributed by atoms with Crippen LogP contribution in [0.15, 0.2) is 81.3 Å². The van der Waals surface area contributed by atoms with Gasteiger partial charge >= 0.3 is 0 Å². The number of thioether (sulfide) groups is 1. The van der Waals surface area contributed by atoms with Crippen LogP contribution in [0.25, 0.3) is 6.08 Å². The molecule has 0 bridgehead atoms. The Bertz CT molecular complexity index is 1240. The third-order valence-corrected chi connectivity index (χ3v) is 7.79. The van der Waals surface area contributed by atoms with Crippen LogP contribution in [0.1, 0.15) is 18.9 Å². The highest BCUT2D eigenvalue weighted by Gasteiger charge is 2.25. The number of nitrogen functional groups attached to an aromatic ring is 1. The zero-order valence-corrected chi connectivity index (χ0v) is 21.5. The highest BCUT2D eigenvalue weighted by molar-refractivity contribution is 8.08. The first-order valence-corrected chi connectivity index (χ1v) is 13.1. The largest absolute Gasteiger partial charge is 0.399 e. The number of nitrogens with zero attached hydrogens (tertiary/aromatic N) is 3. The van der Waals surface area contributed by atoms with E-state index in [0.29, 0.717) is 10.6 Å². The smallest absolute Gasteiger partial charge is 0.262 e. The van der Waals surface area contributed by atoms with E-state index in [0.717, 1.165) is 60.3 Å². The van der Waals surface area contributed by atoms with Gasteiger partial charge in [0.05, 0.1) is 16.8 Å². The first kappa shape index (κ1) is 24.2. The minimum Gasteiger partial charge on any atom is -0.399 e. The van der Waals surface area contributed by atoms with Gasteiger partial charge in [0.1, 0.15) is 5.84 Å². The summed E-state index contributed by atoms with van der Waals surface area (Å²) in [5.74, 6) is 0.959. The Balaban J connectivity index is 1.29. The Morgan fingerprint density at radius 2 is 1.81 bits per heavy atom. The second-order valence-corrected chi connectivity index (χ2v) is 10.5. The maximum atomic E-state index is 12.8. The Morgan fingerprint density at radius 3 is 2.53 bits per heavy atom. The van der Waals surface area contributed by atoms with E-state index < -0.39 is 0 Å². The van der Waals surface area contributed by atoms with E-state index in [1.54, 1.807) is 6.20 Å². The number of rotatable bonds is 3. The number of carbonyl (C=O) groups excluding carboxylic acids is 1. The van der Waals surface area contributed by atoms with Gasteiger partial charge in [-0.05, 0) is 61.5 Å². The number of hydrogen-bond donors (Lipinski definition) is 3. The van der Waals surface area contributed by atoms with Crippen molar-refractivity contribution in [2.45, 2.75) is 13.3 Å². The number of hydrogen-bond acceptors (Lipinski definition) is 7. The monoisotopic (exact) mass is 500 g/mol. The van der Waals surface area contributed by atoms with Crippen molar-refractivity contribution in [3.63, 3.8) is 0 Å². The van der Waals surface area contributed by atoms with Crippen molar-refractivity contribution in [3.05, 3.63) is 81.9 Å². The van der Waals surface area contributed by atoms with E-state index in [1.165, 1.54) is 17.4 Å². The lowest BCUT2D eigenvalue weighted by Gasteiger charge is -2.34. The number of amides is 1. The van der Waals surface area contributed by atoms with Crippen molar-refractivity contribution in [2.24, 2.45) is 10.9 Å². The number of benzene rings is 2. The summed E-state index contributed by atoms with van der Waals surface area (Å²) < 4.78 is 0. The van der Waals surface area contributed by atoms with Crippen LogP contribution in [0, 0.1) is 5.92 Å². The predicted molar refractivity (Wildman–Crippen MR) is 152 cm³/mol. The molecule has 2 aromatic rings. The van der Waals surface area contributed by atoms with Crippen LogP contribution in [-0.2, 0) is 4.79 Å². The molecule has 2 saturated heterocycles. The molecule has 1 amide bonds. The molecule has 186 valence electrons. The van der Waals surface area contributed by atoms with Crippen molar-refractivity contribution >= 4 is 46.6 Å². The fraction of sp³-hybridized carbons (Fsp3) is 0.286. The number of aliphatic imine (C=N–C) groups is 1. The third-order valence-electron chi connectivity index (χ3n) is 6.66. The summed E-state index contributed by atoms with van der Waals surface area (Å²) in [6.45, 7) is 6.45. The second-order valence-electron chi connectivity index (χ2n) is 9.46. The van der Waals surface area contributed by atoms with Gasteiger partial charge in [-0.15, -0.1) is 0 Å². The number of amidine groups is 1. The molecule has 0 saturated carbocycles. The van der Waals surface area contributed by atoms with E-state index in [-0.39, 0.29) is 11.8 Å². The normalized spacial score (nSPS) is 24.9. The van der Waals surface area contributed by atoms with Gasteiger partial charge in [-0.1, -0.05) is 36.9 Å². The number of nitrogens with two attached hydrogens (primary N) is 1. The minimum absolute atomic E-state index is 0.127. The van der Waals surface area contributed by atoms with Crippen LogP contribution in [0.5, 0.6) is 0 Å². The molecular weight excluding hydrogens is 468 g/mol. The summed E-state index contributed by atoms with van der Waals surface area (Å²) >= 11 is 1.48. The average molecular weight is 501 g/mol. The quantitative estimate of drug-likeness (QED) is 0.425. The molecule has 0 spiro atoms. The predicted octanol–water partition coefficient (Wildman–Crippen LogP) is 4.50. The van der Waals surface area contributed by atoms with Gasteiger partial charge in [-0.2, -0.15) is 0 Å². The van der Waals surface area contributed by atoms with Gasteiger partial charge < -0.3 is 26.2 Å². The molecule has 4 N–H and O–H groups in total. The minimum atomic E-state index is -0.127. The molecular formula is C28H32N6OS. The molecule has 2 aromatic carbocycles. The summed E-state index contributed by atoms with van der Waals surface area (Å²) in [5.41, 5.74) is 10.4. The van der Waals surface area contributed by atoms with Gasteiger partial charge in [-0.25, -0.2) is 4.99 Å². The molecule has 36 heavy (non-hydrogen) atoms. The Kier molecular flexibility index (Phi) is 7.16. The zero-order chi connectivity index (χ0) is 25.1. The number of allylic oxidation sites excluding steroid dienone is 1. The van der Waals surface area contributed by atoms with Crippen LogP contribution < -0.4 is 21.3 Å². The molecule has 7 nitrogen and oxygen atoms in total.